The lowest BCUT2D eigenvalue weighted by Crippen LogP contribution is -2.31. The van der Waals surface area contributed by atoms with Gasteiger partial charge < -0.3 is 20.5 Å². The highest BCUT2D eigenvalue weighted by molar-refractivity contribution is 5.95. The summed E-state index contributed by atoms with van der Waals surface area (Å²) in [6.45, 7) is 0.158. The maximum atomic E-state index is 13.7. The van der Waals surface area contributed by atoms with Crippen molar-refractivity contribution in [3.63, 3.8) is 0 Å². The smallest absolute Gasteiger partial charge is 0.434 e. The molecule has 0 aliphatic heterocycles. The number of ether oxygens (including phenoxy) is 1. The van der Waals surface area contributed by atoms with E-state index in [0.29, 0.717) is 4.68 Å². The molecule has 0 aliphatic carbocycles. The first-order chi connectivity index (χ1) is 15.7. The highest BCUT2D eigenvalue weighted by atomic mass is 19.4. The maximum Gasteiger partial charge on any atom is 0.434 e. The fourth-order valence-electron chi connectivity index (χ4n) is 2.83. The number of phenols is 1. The molecule has 0 fully saturated rings. The van der Waals surface area contributed by atoms with Crippen LogP contribution in [0.4, 0.5) is 13.2 Å². The van der Waals surface area contributed by atoms with Crippen molar-refractivity contribution in [3.05, 3.63) is 59.4 Å². The van der Waals surface area contributed by atoms with Crippen LogP contribution < -0.4 is 15.4 Å². The Morgan fingerprint density at radius 1 is 1.09 bits per heavy atom. The molecular weight excluding hydrogens is 445 g/mol. The molecule has 3 rings (SSSR count). The number of nitrogens with one attached hydrogen (secondary N) is 2. The second-order valence-electron chi connectivity index (χ2n) is 6.67. The number of carbonyl (C=O) groups is 2. The van der Waals surface area contributed by atoms with Crippen molar-refractivity contribution in [1.82, 2.24) is 30.6 Å². The Hall–Kier alpha value is -4.16. The fraction of sp³-hybridized carbons (Fsp3) is 0.250. The van der Waals surface area contributed by atoms with Gasteiger partial charge in [0.1, 0.15) is 5.75 Å². The van der Waals surface area contributed by atoms with Gasteiger partial charge in [-0.15, -0.1) is 10.2 Å². The molecule has 0 saturated heterocycles. The van der Waals surface area contributed by atoms with Gasteiger partial charge in [-0.25, -0.2) is 4.68 Å². The van der Waals surface area contributed by atoms with Crippen LogP contribution in [0.5, 0.6) is 11.6 Å². The lowest BCUT2D eigenvalue weighted by atomic mass is 10.2. The van der Waals surface area contributed by atoms with Gasteiger partial charge in [0.25, 0.3) is 11.8 Å². The molecule has 10 nitrogen and oxygen atoms in total. The van der Waals surface area contributed by atoms with Gasteiger partial charge in [0.05, 0.1) is 18.9 Å². The molecular formula is C20H19F3N6O4. The van der Waals surface area contributed by atoms with Gasteiger partial charge in [-0.2, -0.15) is 18.3 Å². The molecule has 0 saturated carbocycles. The van der Waals surface area contributed by atoms with Crippen LogP contribution in [-0.2, 0) is 6.18 Å². The summed E-state index contributed by atoms with van der Waals surface area (Å²) in [6, 6.07) is 8.28. The summed E-state index contributed by atoms with van der Waals surface area (Å²) in [6.07, 6.45) is -3.83. The first-order valence-corrected chi connectivity index (χ1v) is 9.59. The Morgan fingerprint density at radius 3 is 2.42 bits per heavy atom. The molecule has 0 unspecified atom stereocenters. The number of hydrogen-bond acceptors (Lipinski definition) is 7. The Labute approximate surface area is 185 Å². The minimum atomic E-state index is -4.89. The van der Waals surface area contributed by atoms with Gasteiger partial charge in [0.2, 0.25) is 5.88 Å². The van der Waals surface area contributed by atoms with Crippen LogP contribution in [0, 0.1) is 0 Å². The van der Waals surface area contributed by atoms with E-state index in [1.807, 2.05) is 0 Å². The Bertz CT molecular complexity index is 1130. The van der Waals surface area contributed by atoms with Crippen LogP contribution >= 0.6 is 0 Å². The van der Waals surface area contributed by atoms with Crippen molar-refractivity contribution in [3.8, 4) is 17.4 Å². The number of methoxy groups -OCH3 is 1. The first-order valence-electron chi connectivity index (χ1n) is 9.59. The predicted octanol–water partition coefficient (Wildman–Crippen LogP) is 1.95. The number of rotatable bonds is 8. The number of carbonyl (C=O) groups excluding carboxylic acids is 2. The van der Waals surface area contributed by atoms with E-state index >= 15 is 0 Å². The van der Waals surface area contributed by atoms with E-state index in [0.717, 1.165) is 6.20 Å². The highest BCUT2D eigenvalue weighted by Crippen LogP contribution is 2.33. The van der Waals surface area contributed by atoms with Crippen molar-refractivity contribution >= 4 is 11.8 Å². The number of amides is 2. The van der Waals surface area contributed by atoms with Gasteiger partial charge in [-0.05, 0) is 30.7 Å². The zero-order chi connectivity index (χ0) is 24.0. The standard InChI is InChI=1S/C20H19F3N6O4/c1-33-16-7-6-15(27-28-16)29-17(20(21,22)23)14(11-26-29)19(32)25-9-3-8-24-18(31)12-4-2-5-13(30)10-12/h2,4-7,10-11,30H,3,8-9H2,1H3,(H,24,31)(H,25,32). The second kappa shape index (κ2) is 9.97. The summed E-state index contributed by atoms with van der Waals surface area (Å²) in [5, 5.41) is 25.3. The van der Waals surface area contributed by atoms with Gasteiger partial charge in [0.15, 0.2) is 11.5 Å². The number of hydrogen-bond donors (Lipinski definition) is 3. The SMILES string of the molecule is COc1ccc(-n2ncc(C(=O)NCCCNC(=O)c3cccc(O)c3)c2C(F)(F)F)nn1. The molecule has 1 aromatic carbocycles. The molecule has 3 aromatic rings. The molecule has 0 bridgehead atoms. The van der Waals surface area contributed by atoms with Crippen molar-refractivity contribution in [2.24, 2.45) is 0 Å². The number of alkyl halides is 3. The topological polar surface area (TPSA) is 131 Å². The first kappa shape index (κ1) is 23.5. The number of nitrogens with zero attached hydrogens (tertiary/aromatic N) is 4. The summed E-state index contributed by atoms with van der Waals surface area (Å²) in [5.41, 5.74) is -1.72. The maximum absolute atomic E-state index is 13.7. The third-order valence-electron chi connectivity index (χ3n) is 4.37. The second-order valence-corrected chi connectivity index (χ2v) is 6.67. The third-order valence-corrected chi connectivity index (χ3v) is 4.37. The molecule has 13 heteroatoms. The molecule has 0 spiro atoms. The minimum absolute atomic E-state index is 0.00394. The third kappa shape index (κ3) is 5.75. The van der Waals surface area contributed by atoms with E-state index in [1.165, 1.54) is 43.5 Å². The van der Waals surface area contributed by atoms with E-state index in [4.69, 9.17) is 4.74 Å². The summed E-state index contributed by atoms with van der Waals surface area (Å²) in [4.78, 5) is 24.4. The summed E-state index contributed by atoms with van der Waals surface area (Å²) >= 11 is 0. The van der Waals surface area contributed by atoms with Gasteiger partial charge in [-0.3, -0.25) is 9.59 Å². The van der Waals surface area contributed by atoms with E-state index in [2.05, 4.69) is 25.9 Å². The van der Waals surface area contributed by atoms with Gasteiger partial charge >= 0.3 is 6.18 Å². The van der Waals surface area contributed by atoms with Crippen molar-refractivity contribution < 1.29 is 32.6 Å². The molecule has 33 heavy (non-hydrogen) atoms. The molecule has 3 N–H and O–H groups in total. The van der Waals surface area contributed by atoms with E-state index in [-0.39, 0.29) is 42.5 Å². The lowest BCUT2D eigenvalue weighted by molar-refractivity contribution is -0.143. The zero-order valence-electron chi connectivity index (χ0n) is 17.3. The van der Waals surface area contributed by atoms with Crippen LogP contribution in [0.2, 0.25) is 0 Å². The minimum Gasteiger partial charge on any atom is -0.508 e. The summed E-state index contributed by atoms with van der Waals surface area (Å²) in [5.74, 6) is -1.60. The fourth-order valence-corrected chi connectivity index (χ4v) is 2.83. The molecule has 0 radical (unpaired) electrons. The number of halogens is 3. The van der Waals surface area contributed by atoms with E-state index in [1.54, 1.807) is 0 Å². The van der Waals surface area contributed by atoms with Crippen LogP contribution in [0.25, 0.3) is 5.82 Å². The van der Waals surface area contributed by atoms with E-state index < -0.39 is 29.2 Å². The van der Waals surface area contributed by atoms with E-state index in [9.17, 15) is 27.9 Å². The Morgan fingerprint density at radius 2 is 1.82 bits per heavy atom. The zero-order valence-corrected chi connectivity index (χ0v) is 17.3. The molecule has 174 valence electrons. The number of aromatic nitrogens is 4. The van der Waals surface area contributed by atoms with Crippen molar-refractivity contribution in [1.29, 1.82) is 0 Å². The van der Waals surface area contributed by atoms with Crippen LogP contribution in [-0.4, -0.2) is 57.1 Å². The Balaban J connectivity index is 1.61. The molecule has 2 heterocycles. The monoisotopic (exact) mass is 464 g/mol. The quantitative estimate of drug-likeness (QED) is 0.434. The lowest BCUT2D eigenvalue weighted by Gasteiger charge is -2.12. The molecule has 2 amide bonds. The van der Waals surface area contributed by atoms with Crippen molar-refractivity contribution in [2.75, 3.05) is 20.2 Å². The molecule has 0 atom stereocenters. The average Bonchev–Trinajstić information content (AvgIpc) is 3.25. The molecule has 0 aliphatic rings. The van der Waals surface area contributed by atoms with Gasteiger partial charge in [0, 0.05) is 24.7 Å². The number of phenolic OH excluding ortho intramolecular Hbond substituents is 1. The number of benzene rings is 1. The summed E-state index contributed by atoms with van der Waals surface area (Å²) in [7, 11) is 1.33. The molecule has 2 aromatic heterocycles. The largest absolute Gasteiger partial charge is 0.508 e. The predicted molar refractivity (Wildman–Crippen MR) is 108 cm³/mol. The normalized spacial score (nSPS) is 11.2. The average molecular weight is 464 g/mol. The highest BCUT2D eigenvalue weighted by Gasteiger charge is 2.41. The van der Waals surface area contributed by atoms with Crippen LogP contribution in [0.1, 0.15) is 32.8 Å². The Kier molecular flexibility index (Phi) is 7.10. The van der Waals surface area contributed by atoms with Crippen molar-refractivity contribution in [2.45, 2.75) is 12.6 Å². The number of aromatic hydroxyl groups is 1. The van der Waals surface area contributed by atoms with Crippen LogP contribution in [0.15, 0.2) is 42.6 Å². The summed E-state index contributed by atoms with van der Waals surface area (Å²) < 4.78 is 46.3. The van der Waals surface area contributed by atoms with Crippen LogP contribution in [0.3, 0.4) is 0 Å². The van der Waals surface area contributed by atoms with Gasteiger partial charge in [-0.1, -0.05) is 6.07 Å².